The van der Waals surface area contributed by atoms with Crippen molar-refractivity contribution in [1.29, 1.82) is 0 Å². The molecule has 0 spiro atoms. The summed E-state index contributed by atoms with van der Waals surface area (Å²) >= 11 is 3.41. The molecule has 0 saturated carbocycles. The number of esters is 1. The Morgan fingerprint density at radius 2 is 1.73 bits per heavy atom. The van der Waals surface area contributed by atoms with Gasteiger partial charge in [-0.1, -0.05) is 48.0 Å². The topological polar surface area (TPSA) is 72.5 Å². The molecule has 1 atom stereocenters. The van der Waals surface area contributed by atoms with Gasteiger partial charge in [0.05, 0.1) is 13.0 Å². The van der Waals surface area contributed by atoms with Crippen LogP contribution in [-0.4, -0.2) is 35.6 Å². The minimum absolute atomic E-state index is 0.0526. The maximum absolute atomic E-state index is 11.7. The van der Waals surface area contributed by atoms with E-state index in [2.05, 4.69) is 21.2 Å². The van der Waals surface area contributed by atoms with Crippen LogP contribution in [0.1, 0.15) is 64.2 Å². The Morgan fingerprint density at radius 3 is 2.32 bits per heavy atom. The average molecular weight is 376 g/mol. The number of hydrogen-bond donors (Lipinski definition) is 1. The van der Waals surface area contributed by atoms with Crippen LogP contribution in [0.4, 0.5) is 0 Å². The van der Waals surface area contributed by atoms with Crippen molar-refractivity contribution in [3.63, 3.8) is 0 Å². The van der Waals surface area contributed by atoms with Crippen LogP contribution >= 0.6 is 15.9 Å². The predicted molar refractivity (Wildman–Crippen MR) is 87.9 cm³/mol. The van der Waals surface area contributed by atoms with Gasteiger partial charge in [-0.15, -0.1) is 0 Å². The number of unbranched alkanes of at least 4 members (excludes halogenated alkanes) is 6. The number of Topliss-reactive ketones (excluding diaryl/α,β-unsaturated/α-hetero) is 1. The SMILES string of the molecule is O=C(CCCCCCCCCBr)CC(=O)N[C@H]1CCOC1=O. The molecule has 0 aromatic heterocycles. The molecule has 6 heteroatoms. The van der Waals surface area contributed by atoms with Crippen molar-refractivity contribution in [2.24, 2.45) is 0 Å². The number of alkyl halides is 1. The molecule has 1 rings (SSSR count). The van der Waals surface area contributed by atoms with E-state index in [1.165, 1.54) is 25.7 Å². The maximum Gasteiger partial charge on any atom is 0.328 e. The first-order valence-electron chi connectivity index (χ1n) is 8.17. The molecule has 22 heavy (non-hydrogen) atoms. The highest BCUT2D eigenvalue weighted by Gasteiger charge is 2.28. The molecule has 126 valence electrons. The number of carbonyl (C=O) groups is 3. The summed E-state index contributed by atoms with van der Waals surface area (Å²) < 4.78 is 4.76. The molecule has 1 aliphatic rings. The second kappa shape index (κ2) is 11.6. The second-order valence-electron chi connectivity index (χ2n) is 5.71. The molecule has 5 nitrogen and oxygen atoms in total. The number of ketones is 1. The number of ether oxygens (including phenoxy) is 1. The number of hydrogen-bond acceptors (Lipinski definition) is 4. The Bertz CT molecular complexity index is 373. The lowest BCUT2D eigenvalue weighted by atomic mass is 10.1. The molecular formula is C16H26BrNO4. The van der Waals surface area contributed by atoms with E-state index in [4.69, 9.17) is 4.74 Å². The maximum atomic E-state index is 11.7. The van der Waals surface area contributed by atoms with Gasteiger partial charge in [-0.05, 0) is 12.8 Å². The Kier molecular flexibility index (Phi) is 10.1. The van der Waals surface area contributed by atoms with Gasteiger partial charge in [0, 0.05) is 18.2 Å². The Hall–Kier alpha value is -0.910. The van der Waals surface area contributed by atoms with Crippen LogP contribution in [0.15, 0.2) is 0 Å². The molecule has 0 aromatic rings. The standard InChI is InChI=1S/C16H26BrNO4/c17-10-7-5-3-1-2-4-6-8-13(19)12-15(20)18-14-9-11-22-16(14)21/h14H,1-12H2,(H,18,20)/t14-/m0/s1. The molecule has 1 heterocycles. The molecule has 0 aliphatic carbocycles. The third-order valence-corrected chi connectivity index (χ3v) is 4.28. The van der Waals surface area contributed by atoms with E-state index in [1.807, 2.05) is 0 Å². The zero-order valence-corrected chi connectivity index (χ0v) is 14.7. The van der Waals surface area contributed by atoms with Crippen molar-refractivity contribution in [3.8, 4) is 0 Å². The van der Waals surface area contributed by atoms with Crippen LogP contribution in [0.5, 0.6) is 0 Å². The highest BCUT2D eigenvalue weighted by Crippen LogP contribution is 2.10. The van der Waals surface area contributed by atoms with E-state index >= 15 is 0 Å². The Labute approximate surface area is 140 Å². The Balaban J connectivity index is 1.98. The fraction of sp³-hybridized carbons (Fsp3) is 0.812. The molecular weight excluding hydrogens is 350 g/mol. The lowest BCUT2D eigenvalue weighted by molar-refractivity contribution is -0.142. The zero-order chi connectivity index (χ0) is 16.2. The summed E-state index contributed by atoms with van der Waals surface area (Å²) in [5.74, 6) is -0.826. The van der Waals surface area contributed by atoms with Crippen LogP contribution in [0.2, 0.25) is 0 Å². The Morgan fingerprint density at radius 1 is 1.09 bits per heavy atom. The summed E-state index contributed by atoms with van der Waals surface area (Å²) in [5, 5.41) is 3.62. The highest BCUT2D eigenvalue weighted by molar-refractivity contribution is 9.09. The van der Waals surface area contributed by atoms with E-state index in [9.17, 15) is 14.4 Å². The van der Waals surface area contributed by atoms with Crippen molar-refractivity contribution in [2.45, 2.75) is 70.3 Å². The van der Waals surface area contributed by atoms with Crippen LogP contribution in [-0.2, 0) is 19.1 Å². The molecule has 0 bridgehead atoms. The molecule has 0 aromatic carbocycles. The normalized spacial score (nSPS) is 17.3. The summed E-state index contributed by atoms with van der Waals surface area (Å²) in [5.41, 5.74) is 0. The fourth-order valence-electron chi connectivity index (χ4n) is 2.44. The molecule has 1 saturated heterocycles. The number of nitrogens with one attached hydrogen (secondary N) is 1. The molecule has 1 amide bonds. The van der Waals surface area contributed by atoms with E-state index in [1.54, 1.807) is 0 Å². The van der Waals surface area contributed by atoms with E-state index in [-0.39, 0.29) is 18.1 Å². The first-order chi connectivity index (χ1) is 10.6. The van der Waals surface area contributed by atoms with Crippen molar-refractivity contribution in [3.05, 3.63) is 0 Å². The van der Waals surface area contributed by atoms with Crippen molar-refractivity contribution >= 4 is 33.6 Å². The van der Waals surface area contributed by atoms with Gasteiger partial charge in [0.25, 0.3) is 0 Å². The first kappa shape index (κ1) is 19.1. The van der Waals surface area contributed by atoms with Crippen LogP contribution < -0.4 is 5.32 Å². The predicted octanol–water partition coefficient (Wildman–Crippen LogP) is 2.89. The van der Waals surface area contributed by atoms with Crippen LogP contribution in [0.3, 0.4) is 0 Å². The lowest BCUT2D eigenvalue weighted by Crippen LogP contribution is -2.38. The van der Waals surface area contributed by atoms with Gasteiger partial charge >= 0.3 is 5.97 Å². The minimum Gasteiger partial charge on any atom is -0.464 e. The third-order valence-electron chi connectivity index (χ3n) is 3.72. The number of rotatable bonds is 12. The van der Waals surface area contributed by atoms with Crippen LogP contribution in [0, 0.1) is 0 Å². The quantitative estimate of drug-likeness (QED) is 0.246. The van der Waals surface area contributed by atoms with E-state index in [0.29, 0.717) is 19.4 Å². The average Bonchev–Trinajstić information content (AvgIpc) is 2.87. The van der Waals surface area contributed by atoms with Gasteiger partial charge in [0.1, 0.15) is 11.8 Å². The highest BCUT2D eigenvalue weighted by atomic mass is 79.9. The molecule has 0 unspecified atom stereocenters. The second-order valence-corrected chi connectivity index (χ2v) is 6.50. The van der Waals surface area contributed by atoms with Crippen LogP contribution in [0.25, 0.3) is 0 Å². The number of cyclic esters (lactones) is 1. The molecule has 1 fully saturated rings. The van der Waals surface area contributed by atoms with E-state index in [0.717, 1.165) is 24.6 Å². The van der Waals surface area contributed by atoms with Gasteiger partial charge in [-0.2, -0.15) is 0 Å². The van der Waals surface area contributed by atoms with Gasteiger partial charge < -0.3 is 10.1 Å². The zero-order valence-electron chi connectivity index (χ0n) is 13.1. The smallest absolute Gasteiger partial charge is 0.328 e. The summed E-state index contributed by atoms with van der Waals surface area (Å²) in [6, 6.07) is -0.570. The van der Waals surface area contributed by atoms with Gasteiger partial charge in [-0.25, -0.2) is 4.79 Å². The number of carbonyl (C=O) groups excluding carboxylic acids is 3. The van der Waals surface area contributed by atoms with E-state index < -0.39 is 12.0 Å². The minimum atomic E-state index is -0.570. The molecule has 1 N–H and O–H groups in total. The third kappa shape index (κ3) is 8.51. The number of amides is 1. The molecule has 1 aliphatic heterocycles. The monoisotopic (exact) mass is 375 g/mol. The summed E-state index contributed by atoms with van der Waals surface area (Å²) in [6.07, 6.45) is 8.79. The summed E-state index contributed by atoms with van der Waals surface area (Å²) in [6.45, 7) is 0.341. The summed E-state index contributed by atoms with van der Waals surface area (Å²) in [7, 11) is 0. The lowest BCUT2D eigenvalue weighted by Gasteiger charge is -2.08. The van der Waals surface area contributed by atoms with Crippen molar-refractivity contribution in [2.75, 3.05) is 11.9 Å². The first-order valence-corrected chi connectivity index (χ1v) is 9.29. The summed E-state index contributed by atoms with van der Waals surface area (Å²) in [4.78, 5) is 34.6. The van der Waals surface area contributed by atoms with Crippen molar-refractivity contribution in [1.82, 2.24) is 5.32 Å². The largest absolute Gasteiger partial charge is 0.464 e. The number of halogens is 1. The van der Waals surface area contributed by atoms with Gasteiger partial charge in [-0.3, -0.25) is 9.59 Å². The molecule has 0 radical (unpaired) electrons. The fourth-order valence-corrected chi connectivity index (χ4v) is 2.84. The van der Waals surface area contributed by atoms with Crippen molar-refractivity contribution < 1.29 is 19.1 Å². The van der Waals surface area contributed by atoms with Gasteiger partial charge in [0.2, 0.25) is 5.91 Å². The van der Waals surface area contributed by atoms with Gasteiger partial charge in [0.15, 0.2) is 0 Å².